The number of hydrogen-bond donors (Lipinski definition) is 1. The Bertz CT molecular complexity index is 258. The van der Waals surface area contributed by atoms with Gasteiger partial charge in [-0.3, -0.25) is 0 Å². The summed E-state index contributed by atoms with van der Waals surface area (Å²) in [6, 6.07) is 4.34. The molecule has 78 valence electrons. The minimum Gasteiger partial charge on any atom is -0.481 e. The van der Waals surface area contributed by atoms with Crippen molar-refractivity contribution in [2.75, 3.05) is 12.4 Å². The molecule has 0 amide bonds. The van der Waals surface area contributed by atoms with Crippen molar-refractivity contribution in [1.29, 1.82) is 0 Å². The van der Waals surface area contributed by atoms with E-state index >= 15 is 0 Å². The highest BCUT2D eigenvalue weighted by atomic mass is 16.5. The summed E-state index contributed by atoms with van der Waals surface area (Å²) in [5.41, 5.74) is 1.05. The second-order valence-electron chi connectivity index (χ2n) is 3.42. The number of nitrogens with zero attached hydrogens (tertiary/aromatic N) is 1. The molecule has 0 radical (unpaired) electrons. The standard InChI is InChI=1S/C11H18N2O/c1-4-5-9(2)13-10-6-7-11(14-3)12-8-10/h6-9,13H,4-5H2,1-3H3. The first kappa shape index (κ1) is 10.8. The number of methoxy groups -OCH3 is 1. The van der Waals surface area contributed by atoms with Crippen LogP contribution >= 0.6 is 0 Å². The Morgan fingerprint density at radius 2 is 2.29 bits per heavy atom. The average molecular weight is 194 g/mol. The smallest absolute Gasteiger partial charge is 0.213 e. The Kier molecular flexibility index (Phi) is 4.23. The third kappa shape index (κ3) is 3.24. The van der Waals surface area contributed by atoms with Gasteiger partial charge in [-0.1, -0.05) is 13.3 Å². The average Bonchev–Trinajstić information content (AvgIpc) is 2.19. The Hall–Kier alpha value is -1.25. The van der Waals surface area contributed by atoms with Crippen LogP contribution in [0.15, 0.2) is 18.3 Å². The van der Waals surface area contributed by atoms with Crippen molar-refractivity contribution in [2.24, 2.45) is 0 Å². The zero-order chi connectivity index (χ0) is 10.4. The second-order valence-corrected chi connectivity index (χ2v) is 3.42. The van der Waals surface area contributed by atoms with Crippen LogP contribution in [0.25, 0.3) is 0 Å². The maximum atomic E-state index is 4.98. The van der Waals surface area contributed by atoms with Gasteiger partial charge in [0.25, 0.3) is 0 Å². The van der Waals surface area contributed by atoms with Crippen molar-refractivity contribution in [2.45, 2.75) is 32.7 Å². The lowest BCUT2D eigenvalue weighted by atomic mass is 10.2. The van der Waals surface area contributed by atoms with Crippen LogP contribution in [-0.2, 0) is 0 Å². The lowest BCUT2D eigenvalue weighted by Crippen LogP contribution is -2.14. The molecular formula is C11H18N2O. The topological polar surface area (TPSA) is 34.1 Å². The molecule has 1 unspecified atom stereocenters. The zero-order valence-electron chi connectivity index (χ0n) is 9.08. The quantitative estimate of drug-likeness (QED) is 0.782. The number of nitrogens with one attached hydrogen (secondary N) is 1. The lowest BCUT2D eigenvalue weighted by molar-refractivity contribution is 0.398. The monoisotopic (exact) mass is 194 g/mol. The SMILES string of the molecule is CCCC(C)Nc1ccc(OC)nc1. The van der Waals surface area contributed by atoms with Crippen molar-refractivity contribution in [3.8, 4) is 5.88 Å². The van der Waals surface area contributed by atoms with Crippen LogP contribution in [-0.4, -0.2) is 18.1 Å². The van der Waals surface area contributed by atoms with Gasteiger partial charge in [0.1, 0.15) is 0 Å². The van der Waals surface area contributed by atoms with Gasteiger partial charge >= 0.3 is 0 Å². The minimum absolute atomic E-state index is 0.496. The van der Waals surface area contributed by atoms with E-state index in [4.69, 9.17) is 4.74 Å². The molecule has 0 fully saturated rings. The van der Waals surface area contributed by atoms with Gasteiger partial charge < -0.3 is 10.1 Å². The summed E-state index contributed by atoms with van der Waals surface area (Å²) in [7, 11) is 1.62. The molecule has 0 aliphatic carbocycles. The van der Waals surface area contributed by atoms with Crippen LogP contribution in [0.2, 0.25) is 0 Å². The summed E-state index contributed by atoms with van der Waals surface area (Å²) in [6.07, 6.45) is 4.16. The second kappa shape index (κ2) is 5.47. The number of hydrogen-bond acceptors (Lipinski definition) is 3. The van der Waals surface area contributed by atoms with E-state index in [-0.39, 0.29) is 0 Å². The van der Waals surface area contributed by atoms with Crippen LogP contribution in [0.3, 0.4) is 0 Å². The predicted octanol–water partition coefficient (Wildman–Crippen LogP) is 2.69. The van der Waals surface area contributed by atoms with Crippen molar-refractivity contribution in [3.63, 3.8) is 0 Å². The van der Waals surface area contributed by atoms with Gasteiger partial charge in [0.15, 0.2) is 0 Å². The zero-order valence-corrected chi connectivity index (χ0v) is 9.08. The summed E-state index contributed by atoms with van der Waals surface area (Å²) >= 11 is 0. The molecular weight excluding hydrogens is 176 g/mol. The Labute approximate surface area is 85.5 Å². The van der Waals surface area contributed by atoms with Gasteiger partial charge in [-0.2, -0.15) is 0 Å². The molecule has 14 heavy (non-hydrogen) atoms. The molecule has 3 heteroatoms. The highest BCUT2D eigenvalue weighted by Crippen LogP contribution is 2.13. The van der Waals surface area contributed by atoms with Gasteiger partial charge in [0.05, 0.1) is 19.0 Å². The van der Waals surface area contributed by atoms with Crippen molar-refractivity contribution >= 4 is 5.69 Å². The molecule has 0 saturated carbocycles. The van der Waals surface area contributed by atoms with Crippen molar-refractivity contribution in [3.05, 3.63) is 18.3 Å². The highest BCUT2D eigenvalue weighted by molar-refractivity contribution is 5.42. The number of pyridine rings is 1. The number of anilines is 1. The largest absolute Gasteiger partial charge is 0.481 e. The summed E-state index contributed by atoms with van der Waals surface area (Å²) in [4.78, 5) is 4.13. The van der Waals surface area contributed by atoms with Crippen molar-refractivity contribution in [1.82, 2.24) is 4.98 Å². The van der Waals surface area contributed by atoms with Gasteiger partial charge in [0.2, 0.25) is 5.88 Å². The number of rotatable bonds is 5. The van der Waals surface area contributed by atoms with E-state index in [0.29, 0.717) is 11.9 Å². The van der Waals surface area contributed by atoms with Crippen LogP contribution in [0.4, 0.5) is 5.69 Å². The molecule has 0 saturated heterocycles. The highest BCUT2D eigenvalue weighted by Gasteiger charge is 2.00. The van der Waals surface area contributed by atoms with E-state index in [1.165, 1.54) is 12.8 Å². The van der Waals surface area contributed by atoms with Crippen LogP contribution in [0.5, 0.6) is 5.88 Å². The Morgan fingerprint density at radius 3 is 2.79 bits per heavy atom. The maximum Gasteiger partial charge on any atom is 0.213 e. The Morgan fingerprint density at radius 1 is 1.50 bits per heavy atom. The number of ether oxygens (including phenoxy) is 1. The minimum atomic E-state index is 0.496. The first-order valence-electron chi connectivity index (χ1n) is 5.02. The van der Waals surface area contributed by atoms with Crippen LogP contribution in [0.1, 0.15) is 26.7 Å². The molecule has 0 spiro atoms. The summed E-state index contributed by atoms with van der Waals surface area (Å²) in [6.45, 7) is 4.36. The molecule has 1 aromatic rings. The molecule has 0 aromatic carbocycles. The third-order valence-corrected chi connectivity index (χ3v) is 2.08. The molecule has 1 N–H and O–H groups in total. The molecule has 3 nitrogen and oxygen atoms in total. The summed E-state index contributed by atoms with van der Waals surface area (Å²) in [5.74, 6) is 0.652. The van der Waals surface area contributed by atoms with E-state index < -0.39 is 0 Å². The van der Waals surface area contributed by atoms with Crippen LogP contribution in [0, 0.1) is 0 Å². The maximum absolute atomic E-state index is 4.98. The lowest BCUT2D eigenvalue weighted by Gasteiger charge is -2.13. The third-order valence-electron chi connectivity index (χ3n) is 2.08. The van der Waals surface area contributed by atoms with E-state index in [0.717, 1.165) is 5.69 Å². The van der Waals surface area contributed by atoms with Crippen LogP contribution < -0.4 is 10.1 Å². The normalized spacial score (nSPS) is 12.2. The fourth-order valence-electron chi connectivity index (χ4n) is 1.38. The molecule has 1 rings (SSSR count). The molecule has 1 heterocycles. The van der Waals surface area contributed by atoms with E-state index in [2.05, 4.69) is 24.1 Å². The van der Waals surface area contributed by atoms with E-state index in [1.54, 1.807) is 13.3 Å². The van der Waals surface area contributed by atoms with Gasteiger partial charge in [-0.25, -0.2) is 4.98 Å². The van der Waals surface area contributed by atoms with Crippen molar-refractivity contribution < 1.29 is 4.74 Å². The van der Waals surface area contributed by atoms with Gasteiger partial charge in [0, 0.05) is 12.1 Å². The fourth-order valence-corrected chi connectivity index (χ4v) is 1.38. The van der Waals surface area contributed by atoms with E-state index in [1.807, 2.05) is 12.1 Å². The Balaban J connectivity index is 2.50. The van der Waals surface area contributed by atoms with Gasteiger partial charge in [-0.15, -0.1) is 0 Å². The molecule has 1 aromatic heterocycles. The first-order chi connectivity index (χ1) is 6.76. The summed E-state index contributed by atoms with van der Waals surface area (Å²) in [5, 5.41) is 3.38. The fraction of sp³-hybridized carbons (Fsp3) is 0.545. The molecule has 0 aliphatic heterocycles. The van der Waals surface area contributed by atoms with Gasteiger partial charge in [-0.05, 0) is 19.4 Å². The summed E-state index contributed by atoms with van der Waals surface area (Å²) < 4.78 is 4.98. The van der Waals surface area contributed by atoms with E-state index in [9.17, 15) is 0 Å². The molecule has 0 bridgehead atoms. The predicted molar refractivity (Wildman–Crippen MR) is 58.8 cm³/mol. The number of aromatic nitrogens is 1. The first-order valence-corrected chi connectivity index (χ1v) is 5.02. The molecule has 0 aliphatic rings. The molecule has 1 atom stereocenters.